The second-order valence-corrected chi connectivity index (χ2v) is 6.09. The molecule has 114 valence electrons. The summed E-state index contributed by atoms with van der Waals surface area (Å²) in [5, 5.41) is 20.2. The van der Waals surface area contributed by atoms with E-state index in [9.17, 15) is 10.1 Å². The van der Waals surface area contributed by atoms with Crippen molar-refractivity contribution in [1.82, 2.24) is 9.55 Å². The average Bonchev–Trinajstić information content (AvgIpc) is 2.94. The molecule has 0 amide bonds. The van der Waals surface area contributed by atoms with Crippen molar-refractivity contribution in [2.45, 2.75) is 45.8 Å². The lowest BCUT2D eigenvalue weighted by molar-refractivity contribution is -0.0986. The zero-order valence-electron chi connectivity index (χ0n) is 13.0. The number of hydrogen-bond acceptors (Lipinski definition) is 5. The largest absolute Gasteiger partial charge is 0.529 e. The third-order valence-corrected chi connectivity index (χ3v) is 3.83. The molecule has 2 aromatic heterocycles. The Balaban J connectivity index is 2.17. The molecule has 0 saturated heterocycles. The van der Waals surface area contributed by atoms with Gasteiger partial charge in [-0.3, -0.25) is 0 Å². The van der Waals surface area contributed by atoms with E-state index in [1.165, 1.54) is 6.26 Å². The highest BCUT2D eigenvalue weighted by atomic mass is 16.6. The lowest BCUT2D eigenvalue weighted by atomic mass is 9.81. The molecule has 0 aliphatic carbocycles. The molecule has 21 heavy (non-hydrogen) atoms. The quantitative estimate of drug-likeness (QED) is 0.804. The Hall–Kier alpha value is -1.57. The van der Waals surface area contributed by atoms with Crippen molar-refractivity contribution in [2.24, 2.45) is 0 Å². The zero-order valence-corrected chi connectivity index (χ0v) is 13.0. The van der Waals surface area contributed by atoms with Gasteiger partial charge in [-0.2, -0.15) is 0 Å². The SMILES string of the molecule is Cc1nccn1-c1coc(B(O)OC(C)(C)C(C)(C)O)c1. The van der Waals surface area contributed by atoms with Gasteiger partial charge in [0.15, 0.2) is 0 Å². The highest BCUT2D eigenvalue weighted by Crippen LogP contribution is 2.25. The van der Waals surface area contributed by atoms with Crippen LogP contribution in [0, 0.1) is 6.92 Å². The molecule has 0 atom stereocenters. The molecule has 2 aromatic rings. The van der Waals surface area contributed by atoms with Crippen LogP contribution in [0.1, 0.15) is 33.5 Å². The summed E-state index contributed by atoms with van der Waals surface area (Å²) in [5.41, 5.74) is -1.02. The van der Waals surface area contributed by atoms with E-state index < -0.39 is 18.3 Å². The van der Waals surface area contributed by atoms with Gasteiger partial charge in [-0.1, -0.05) is 0 Å². The third-order valence-electron chi connectivity index (χ3n) is 3.83. The first-order valence-electron chi connectivity index (χ1n) is 6.79. The van der Waals surface area contributed by atoms with Gasteiger partial charge in [0.1, 0.15) is 17.7 Å². The molecule has 7 heteroatoms. The normalized spacial score (nSPS) is 12.7. The molecule has 0 aliphatic heterocycles. The Kier molecular flexibility index (Phi) is 4.01. The van der Waals surface area contributed by atoms with E-state index >= 15 is 0 Å². The first kappa shape index (κ1) is 15.8. The predicted octanol–water partition coefficient (Wildman–Crippen LogP) is 1.03. The molecule has 2 heterocycles. The van der Waals surface area contributed by atoms with E-state index in [1.54, 1.807) is 46.2 Å². The highest BCUT2D eigenvalue weighted by Gasteiger charge is 2.40. The van der Waals surface area contributed by atoms with E-state index in [2.05, 4.69) is 4.98 Å². The van der Waals surface area contributed by atoms with Crippen LogP contribution < -0.4 is 5.66 Å². The van der Waals surface area contributed by atoms with Crippen LogP contribution >= 0.6 is 0 Å². The van der Waals surface area contributed by atoms with Gasteiger partial charge in [0.05, 0.1) is 16.9 Å². The second-order valence-electron chi connectivity index (χ2n) is 6.09. The Morgan fingerprint density at radius 3 is 2.52 bits per heavy atom. The van der Waals surface area contributed by atoms with Crippen molar-refractivity contribution in [2.75, 3.05) is 0 Å². The number of hydrogen-bond donors (Lipinski definition) is 2. The van der Waals surface area contributed by atoms with Crippen LogP contribution in [-0.4, -0.2) is 38.0 Å². The van der Waals surface area contributed by atoms with Crippen molar-refractivity contribution < 1.29 is 19.2 Å². The number of nitrogens with zero attached hydrogens (tertiary/aromatic N) is 2. The molecular formula is C14H21BN2O4. The molecule has 0 aromatic carbocycles. The van der Waals surface area contributed by atoms with Crippen LogP contribution in [0.15, 0.2) is 29.1 Å². The van der Waals surface area contributed by atoms with E-state index in [-0.39, 0.29) is 5.66 Å². The standard InChI is InChI=1S/C14H21BN2O4/c1-10-16-6-7-17(10)11-8-12(20-9-11)15(19)21-14(4,5)13(2,3)18/h6-9,18-19H,1-5H3. The number of aliphatic hydroxyl groups is 1. The van der Waals surface area contributed by atoms with E-state index in [1.807, 2.05) is 11.5 Å². The smallest absolute Gasteiger partial charge is 0.471 e. The summed E-state index contributed by atoms with van der Waals surface area (Å²) in [7, 11) is -1.26. The zero-order chi connectivity index (χ0) is 15.8. The van der Waals surface area contributed by atoms with E-state index in [0.717, 1.165) is 11.5 Å². The van der Waals surface area contributed by atoms with Gasteiger partial charge in [-0.25, -0.2) is 4.98 Å². The van der Waals surface area contributed by atoms with Gasteiger partial charge in [-0.05, 0) is 34.6 Å². The van der Waals surface area contributed by atoms with Crippen LogP contribution in [0.25, 0.3) is 5.69 Å². The maximum atomic E-state index is 10.1. The number of aromatic nitrogens is 2. The van der Waals surface area contributed by atoms with Crippen molar-refractivity contribution in [1.29, 1.82) is 0 Å². The molecule has 0 unspecified atom stereocenters. The number of rotatable bonds is 5. The number of imidazole rings is 1. The molecule has 0 aliphatic rings. The molecule has 0 bridgehead atoms. The first-order chi connectivity index (χ1) is 9.62. The van der Waals surface area contributed by atoms with Gasteiger partial charge in [0.25, 0.3) is 0 Å². The van der Waals surface area contributed by atoms with Crippen LogP contribution in [0.3, 0.4) is 0 Å². The lowest BCUT2D eigenvalue weighted by Gasteiger charge is -2.38. The molecule has 0 fully saturated rings. The van der Waals surface area contributed by atoms with Crippen LogP contribution in [0.4, 0.5) is 0 Å². The minimum atomic E-state index is -1.26. The number of furan rings is 1. The summed E-state index contributed by atoms with van der Waals surface area (Å²) in [6, 6.07) is 1.68. The summed E-state index contributed by atoms with van der Waals surface area (Å²) in [4.78, 5) is 4.13. The average molecular weight is 292 g/mol. The van der Waals surface area contributed by atoms with Crippen LogP contribution in [-0.2, 0) is 4.65 Å². The minimum Gasteiger partial charge on any atom is -0.471 e. The van der Waals surface area contributed by atoms with Crippen molar-refractivity contribution in [3.05, 3.63) is 30.5 Å². The molecule has 0 spiro atoms. The summed E-state index contributed by atoms with van der Waals surface area (Å²) in [6.07, 6.45) is 5.01. The fraction of sp³-hybridized carbons (Fsp3) is 0.500. The van der Waals surface area contributed by atoms with Gasteiger partial charge < -0.3 is 23.8 Å². The molecule has 0 saturated carbocycles. The predicted molar refractivity (Wildman–Crippen MR) is 79.6 cm³/mol. The molecular weight excluding hydrogens is 271 g/mol. The topological polar surface area (TPSA) is 80.7 Å². The van der Waals surface area contributed by atoms with Crippen molar-refractivity contribution in [3.63, 3.8) is 0 Å². The first-order valence-corrected chi connectivity index (χ1v) is 6.79. The fourth-order valence-corrected chi connectivity index (χ4v) is 1.73. The van der Waals surface area contributed by atoms with Gasteiger partial charge in [-0.15, -0.1) is 0 Å². The number of aryl methyl sites for hydroxylation is 1. The van der Waals surface area contributed by atoms with Crippen LogP contribution in [0.5, 0.6) is 0 Å². The molecule has 0 radical (unpaired) electrons. The van der Waals surface area contributed by atoms with Gasteiger partial charge >= 0.3 is 7.12 Å². The summed E-state index contributed by atoms with van der Waals surface area (Å²) in [6.45, 7) is 8.54. The van der Waals surface area contributed by atoms with Crippen LogP contribution in [0.2, 0.25) is 0 Å². The molecule has 2 N–H and O–H groups in total. The third kappa shape index (κ3) is 3.20. The Morgan fingerprint density at radius 2 is 2.00 bits per heavy atom. The molecule has 6 nitrogen and oxygen atoms in total. The van der Waals surface area contributed by atoms with E-state index in [0.29, 0.717) is 0 Å². The van der Waals surface area contributed by atoms with Gasteiger partial charge in [0, 0.05) is 18.5 Å². The molecule has 2 rings (SSSR count). The highest BCUT2D eigenvalue weighted by molar-refractivity contribution is 6.58. The minimum absolute atomic E-state index is 0.274. The summed E-state index contributed by atoms with van der Waals surface area (Å²) >= 11 is 0. The maximum absolute atomic E-state index is 10.1. The van der Waals surface area contributed by atoms with Crippen molar-refractivity contribution in [3.8, 4) is 5.69 Å². The maximum Gasteiger partial charge on any atom is 0.529 e. The Morgan fingerprint density at radius 1 is 1.33 bits per heavy atom. The Bertz CT molecular complexity index is 613. The summed E-state index contributed by atoms with van der Waals surface area (Å²) < 4.78 is 12.7. The second kappa shape index (κ2) is 5.33. The van der Waals surface area contributed by atoms with Gasteiger partial charge in [0.2, 0.25) is 0 Å². The monoisotopic (exact) mass is 292 g/mol. The summed E-state index contributed by atoms with van der Waals surface area (Å²) in [5.74, 6) is 0.814. The van der Waals surface area contributed by atoms with E-state index in [4.69, 9.17) is 9.07 Å². The Labute approximate surface area is 124 Å². The lowest BCUT2D eigenvalue weighted by Crippen LogP contribution is -2.52. The fourth-order valence-electron chi connectivity index (χ4n) is 1.73. The van der Waals surface area contributed by atoms with Crippen molar-refractivity contribution >= 4 is 12.8 Å².